The molecule has 0 aromatic heterocycles. The van der Waals surface area contributed by atoms with Crippen molar-refractivity contribution in [2.45, 2.75) is 12.5 Å². The number of ether oxygens (including phenoxy) is 1. The number of rotatable bonds is 4. The molecule has 4 nitrogen and oxygen atoms in total. The van der Waals surface area contributed by atoms with Crippen molar-refractivity contribution in [3.8, 4) is 5.75 Å². The van der Waals surface area contributed by atoms with E-state index in [2.05, 4.69) is 27.9 Å². The van der Waals surface area contributed by atoms with E-state index in [-0.39, 0.29) is 24.9 Å². The van der Waals surface area contributed by atoms with E-state index in [1.807, 2.05) is 31.3 Å². The zero-order valence-electron chi connectivity index (χ0n) is 10.8. The Balaban J connectivity index is 0.00000180. The van der Waals surface area contributed by atoms with Crippen LogP contribution in [0.4, 0.5) is 0 Å². The second-order valence-corrected chi connectivity index (χ2v) is 5.64. The highest BCUT2D eigenvalue weighted by Gasteiger charge is 2.23. The van der Waals surface area contributed by atoms with Crippen LogP contribution in [0.5, 0.6) is 5.75 Å². The van der Waals surface area contributed by atoms with E-state index in [1.165, 1.54) is 0 Å². The zero-order chi connectivity index (χ0) is 13.0. The van der Waals surface area contributed by atoms with Gasteiger partial charge in [0.25, 0.3) is 5.91 Å². The van der Waals surface area contributed by atoms with Crippen molar-refractivity contribution in [2.24, 2.45) is 0 Å². The fraction of sp³-hybridized carbons (Fsp3) is 0.462. The summed E-state index contributed by atoms with van der Waals surface area (Å²) in [5, 5.41) is 3.25. The van der Waals surface area contributed by atoms with Crippen LogP contribution in [-0.2, 0) is 4.79 Å². The molecule has 1 unspecified atom stereocenters. The second kappa shape index (κ2) is 7.91. The molecule has 1 aliphatic rings. The van der Waals surface area contributed by atoms with Gasteiger partial charge in [-0.15, -0.1) is 12.4 Å². The molecule has 19 heavy (non-hydrogen) atoms. The number of halogens is 2. The minimum absolute atomic E-state index is 0. The monoisotopic (exact) mass is 396 g/mol. The summed E-state index contributed by atoms with van der Waals surface area (Å²) in [6.07, 6.45) is 1.02. The largest absolute Gasteiger partial charge is 0.484 e. The molecule has 0 saturated carbocycles. The SMILES string of the molecule is CN(C(=O)COc1ccc(I)cc1)C1CCNC1.Cl. The molecular formula is C13H18ClIN2O2. The van der Waals surface area contributed by atoms with Crippen molar-refractivity contribution in [3.63, 3.8) is 0 Å². The summed E-state index contributed by atoms with van der Waals surface area (Å²) in [5.41, 5.74) is 0. The van der Waals surface area contributed by atoms with Gasteiger partial charge in [0.05, 0.1) is 0 Å². The van der Waals surface area contributed by atoms with Crippen molar-refractivity contribution in [3.05, 3.63) is 27.8 Å². The van der Waals surface area contributed by atoms with E-state index in [9.17, 15) is 4.79 Å². The zero-order valence-corrected chi connectivity index (χ0v) is 13.7. The standard InChI is InChI=1S/C13H17IN2O2.ClH/c1-16(11-6-7-15-8-11)13(17)9-18-12-4-2-10(14)3-5-12;/h2-5,11,15H,6-9H2,1H3;1H. The van der Waals surface area contributed by atoms with Crippen molar-refractivity contribution in [1.82, 2.24) is 10.2 Å². The Hall–Kier alpha value is -0.530. The number of likely N-dealkylation sites (N-methyl/N-ethyl adjacent to an activating group) is 1. The van der Waals surface area contributed by atoms with Gasteiger partial charge in [0.2, 0.25) is 0 Å². The Morgan fingerprint density at radius 1 is 1.47 bits per heavy atom. The smallest absolute Gasteiger partial charge is 0.260 e. The van der Waals surface area contributed by atoms with Gasteiger partial charge in [0.1, 0.15) is 5.75 Å². The molecular weight excluding hydrogens is 379 g/mol. The number of carbonyl (C=O) groups is 1. The minimum Gasteiger partial charge on any atom is -0.484 e. The van der Waals surface area contributed by atoms with Crippen molar-refractivity contribution in [1.29, 1.82) is 0 Å². The average molecular weight is 397 g/mol. The van der Waals surface area contributed by atoms with Crippen LogP contribution < -0.4 is 10.1 Å². The number of hydrogen-bond acceptors (Lipinski definition) is 3. The number of nitrogens with zero attached hydrogens (tertiary/aromatic N) is 1. The summed E-state index contributed by atoms with van der Waals surface area (Å²) < 4.78 is 6.64. The van der Waals surface area contributed by atoms with Crippen LogP contribution in [0, 0.1) is 3.57 Å². The quantitative estimate of drug-likeness (QED) is 0.791. The number of amides is 1. The Bertz CT molecular complexity index is 408. The average Bonchev–Trinajstić information content (AvgIpc) is 2.90. The van der Waals surface area contributed by atoms with E-state index in [0.29, 0.717) is 6.04 Å². The molecule has 1 aliphatic heterocycles. The maximum atomic E-state index is 11.9. The van der Waals surface area contributed by atoms with Crippen LogP contribution in [0.3, 0.4) is 0 Å². The fourth-order valence-corrected chi connectivity index (χ4v) is 2.31. The first kappa shape index (κ1) is 16.5. The van der Waals surface area contributed by atoms with Crippen LogP contribution in [-0.4, -0.2) is 43.6 Å². The number of carbonyl (C=O) groups excluding carboxylic acids is 1. The molecule has 1 aromatic carbocycles. The Morgan fingerprint density at radius 2 is 2.16 bits per heavy atom. The van der Waals surface area contributed by atoms with E-state index in [0.717, 1.165) is 28.8 Å². The third-order valence-corrected chi connectivity index (χ3v) is 3.87. The van der Waals surface area contributed by atoms with E-state index >= 15 is 0 Å². The molecule has 1 heterocycles. The third kappa shape index (κ3) is 4.81. The van der Waals surface area contributed by atoms with Gasteiger partial charge >= 0.3 is 0 Å². The van der Waals surface area contributed by atoms with Crippen LogP contribution in [0.2, 0.25) is 0 Å². The summed E-state index contributed by atoms with van der Waals surface area (Å²) >= 11 is 2.24. The van der Waals surface area contributed by atoms with Gasteiger partial charge in [-0.3, -0.25) is 4.79 Å². The summed E-state index contributed by atoms with van der Waals surface area (Å²) in [5.74, 6) is 0.768. The van der Waals surface area contributed by atoms with Gasteiger partial charge < -0.3 is 15.0 Å². The second-order valence-electron chi connectivity index (χ2n) is 4.39. The lowest BCUT2D eigenvalue weighted by molar-refractivity contribution is -0.133. The summed E-state index contributed by atoms with van der Waals surface area (Å²) in [6.45, 7) is 1.97. The molecule has 0 aliphatic carbocycles. The first-order chi connectivity index (χ1) is 8.66. The molecule has 0 radical (unpaired) electrons. The van der Waals surface area contributed by atoms with Crippen LogP contribution in [0.1, 0.15) is 6.42 Å². The van der Waals surface area contributed by atoms with Crippen LogP contribution in [0.15, 0.2) is 24.3 Å². The number of nitrogens with one attached hydrogen (secondary N) is 1. The van der Waals surface area contributed by atoms with Gasteiger partial charge in [0.15, 0.2) is 6.61 Å². The predicted octanol–water partition coefficient (Wildman–Crippen LogP) is 1.91. The van der Waals surface area contributed by atoms with Crippen molar-refractivity contribution < 1.29 is 9.53 Å². The van der Waals surface area contributed by atoms with E-state index in [4.69, 9.17) is 4.74 Å². The molecule has 1 saturated heterocycles. The Labute approximate surface area is 133 Å². The highest BCUT2D eigenvalue weighted by molar-refractivity contribution is 14.1. The van der Waals surface area contributed by atoms with Gasteiger partial charge in [-0.2, -0.15) is 0 Å². The first-order valence-corrected chi connectivity index (χ1v) is 7.09. The van der Waals surface area contributed by atoms with Crippen LogP contribution in [0.25, 0.3) is 0 Å². The molecule has 0 spiro atoms. The number of hydrogen-bond donors (Lipinski definition) is 1. The lowest BCUT2D eigenvalue weighted by Gasteiger charge is -2.23. The molecule has 106 valence electrons. The molecule has 1 amide bonds. The summed E-state index contributed by atoms with van der Waals surface area (Å²) in [6, 6.07) is 7.99. The molecule has 6 heteroatoms. The molecule has 1 N–H and O–H groups in total. The van der Waals surface area contributed by atoms with Crippen LogP contribution >= 0.6 is 35.0 Å². The Kier molecular flexibility index (Phi) is 6.88. The molecule has 1 atom stereocenters. The minimum atomic E-state index is 0. The lowest BCUT2D eigenvalue weighted by atomic mass is 10.2. The molecule has 2 rings (SSSR count). The maximum absolute atomic E-state index is 11.9. The molecule has 0 bridgehead atoms. The van der Waals surface area contributed by atoms with Gasteiger partial charge in [0, 0.05) is 23.2 Å². The van der Waals surface area contributed by atoms with Crippen molar-refractivity contribution >= 4 is 40.9 Å². The fourth-order valence-electron chi connectivity index (χ4n) is 1.95. The highest BCUT2D eigenvalue weighted by Crippen LogP contribution is 2.14. The van der Waals surface area contributed by atoms with E-state index in [1.54, 1.807) is 4.90 Å². The normalized spacial score (nSPS) is 17.7. The maximum Gasteiger partial charge on any atom is 0.260 e. The predicted molar refractivity (Wildman–Crippen MR) is 85.9 cm³/mol. The molecule has 1 fully saturated rings. The highest BCUT2D eigenvalue weighted by atomic mass is 127. The first-order valence-electron chi connectivity index (χ1n) is 6.01. The van der Waals surface area contributed by atoms with Gasteiger partial charge in [-0.1, -0.05) is 0 Å². The summed E-state index contributed by atoms with van der Waals surface area (Å²) in [4.78, 5) is 13.7. The van der Waals surface area contributed by atoms with Gasteiger partial charge in [-0.25, -0.2) is 0 Å². The number of benzene rings is 1. The molecule has 1 aromatic rings. The van der Waals surface area contributed by atoms with Crippen molar-refractivity contribution in [2.75, 3.05) is 26.7 Å². The Morgan fingerprint density at radius 3 is 2.74 bits per heavy atom. The topological polar surface area (TPSA) is 41.6 Å². The van der Waals surface area contributed by atoms with Gasteiger partial charge in [-0.05, 0) is 59.8 Å². The summed E-state index contributed by atoms with van der Waals surface area (Å²) in [7, 11) is 1.84. The van der Waals surface area contributed by atoms with E-state index < -0.39 is 0 Å². The third-order valence-electron chi connectivity index (χ3n) is 3.15. The lowest BCUT2D eigenvalue weighted by Crippen LogP contribution is -2.40.